The maximum absolute atomic E-state index is 3.77. The van der Waals surface area contributed by atoms with Gasteiger partial charge in [0, 0.05) is 0 Å². The second-order valence-corrected chi connectivity index (χ2v) is 3.83. The van der Waals surface area contributed by atoms with Crippen LogP contribution < -0.4 is 0 Å². The van der Waals surface area contributed by atoms with Crippen LogP contribution >= 0.6 is 0 Å². The molecule has 0 bridgehead atoms. The van der Waals surface area contributed by atoms with Crippen molar-refractivity contribution >= 4 is 0 Å². The van der Waals surface area contributed by atoms with Crippen molar-refractivity contribution in [1.82, 2.24) is 0 Å². The van der Waals surface area contributed by atoms with Crippen LogP contribution in [0, 0.1) is 6.92 Å². The minimum absolute atomic E-state index is 0.615. The fraction of sp³-hybridized carbons (Fsp3) is 0.385. The molecule has 0 nitrogen and oxygen atoms in total. The molecule has 0 amide bonds. The predicted molar refractivity (Wildman–Crippen MR) is 59.2 cm³/mol. The molecular formula is C13H18. The normalized spacial score (nSPS) is 10.5. The zero-order valence-electron chi connectivity index (χ0n) is 8.80. The van der Waals surface area contributed by atoms with Gasteiger partial charge in [-0.15, -0.1) is 6.58 Å². The number of hydrogen-bond acceptors (Lipinski definition) is 0. The van der Waals surface area contributed by atoms with Crippen molar-refractivity contribution in [2.45, 2.75) is 33.1 Å². The molecule has 1 rings (SSSR count). The fourth-order valence-electron chi connectivity index (χ4n) is 1.43. The van der Waals surface area contributed by atoms with Gasteiger partial charge in [-0.1, -0.05) is 38.1 Å². The van der Waals surface area contributed by atoms with Gasteiger partial charge < -0.3 is 0 Å². The van der Waals surface area contributed by atoms with Gasteiger partial charge in [0.2, 0.25) is 0 Å². The molecule has 70 valence electrons. The Labute approximate surface area is 81.3 Å². The highest BCUT2D eigenvalue weighted by atomic mass is 14.1. The van der Waals surface area contributed by atoms with Crippen molar-refractivity contribution in [3.05, 3.63) is 47.5 Å². The number of hydrogen-bond donors (Lipinski definition) is 0. The van der Waals surface area contributed by atoms with Gasteiger partial charge in [-0.3, -0.25) is 0 Å². The molecule has 0 aliphatic rings. The Morgan fingerprint density at radius 2 is 2.08 bits per heavy atom. The highest BCUT2D eigenvalue weighted by Crippen LogP contribution is 2.18. The van der Waals surface area contributed by atoms with Crippen LogP contribution in [0.5, 0.6) is 0 Å². The topological polar surface area (TPSA) is 0 Å². The smallest absolute Gasteiger partial charge is 0.00974 e. The average Bonchev–Trinajstić information content (AvgIpc) is 2.08. The second-order valence-electron chi connectivity index (χ2n) is 3.83. The summed E-state index contributed by atoms with van der Waals surface area (Å²) in [5, 5.41) is 0. The van der Waals surface area contributed by atoms with Crippen molar-refractivity contribution in [2.75, 3.05) is 0 Å². The Morgan fingerprint density at radius 1 is 1.38 bits per heavy atom. The molecule has 0 spiro atoms. The van der Waals surface area contributed by atoms with Crippen LogP contribution in [0.25, 0.3) is 0 Å². The molecule has 13 heavy (non-hydrogen) atoms. The van der Waals surface area contributed by atoms with Crippen LogP contribution in [0.3, 0.4) is 0 Å². The molecule has 0 aliphatic carbocycles. The molecule has 0 aliphatic heterocycles. The molecule has 0 saturated heterocycles. The van der Waals surface area contributed by atoms with Crippen LogP contribution in [0.15, 0.2) is 30.9 Å². The molecule has 0 fully saturated rings. The molecule has 1 aromatic rings. The van der Waals surface area contributed by atoms with Crippen molar-refractivity contribution in [1.29, 1.82) is 0 Å². The summed E-state index contributed by atoms with van der Waals surface area (Å²) in [7, 11) is 0. The summed E-state index contributed by atoms with van der Waals surface area (Å²) in [6.07, 6.45) is 2.94. The Bertz CT molecular complexity index is 295. The van der Waals surface area contributed by atoms with Crippen molar-refractivity contribution in [2.24, 2.45) is 0 Å². The first-order valence-electron chi connectivity index (χ1n) is 4.85. The maximum atomic E-state index is 3.77. The van der Waals surface area contributed by atoms with Crippen LogP contribution in [-0.4, -0.2) is 0 Å². The van der Waals surface area contributed by atoms with Gasteiger partial charge in [-0.05, 0) is 36.0 Å². The zero-order valence-corrected chi connectivity index (χ0v) is 8.80. The van der Waals surface area contributed by atoms with E-state index >= 15 is 0 Å². The summed E-state index contributed by atoms with van der Waals surface area (Å²) in [6, 6.07) is 6.71. The third-order valence-electron chi connectivity index (χ3n) is 2.40. The van der Waals surface area contributed by atoms with E-state index < -0.39 is 0 Å². The summed E-state index contributed by atoms with van der Waals surface area (Å²) in [4.78, 5) is 0. The van der Waals surface area contributed by atoms with Gasteiger partial charge >= 0.3 is 0 Å². The quantitative estimate of drug-likeness (QED) is 0.611. The SMILES string of the molecule is C=CCc1cc(C(C)C)ccc1C. The van der Waals surface area contributed by atoms with E-state index in [9.17, 15) is 0 Å². The van der Waals surface area contributed by atoms with Crippen LogP contribution in [0.4, 0.5) is 0 Å². The lowest BCUT2D eigenvalue weighted by Crippen LogP contribution is -1.92. The van der Waals surface area contributed by atoms with Crippen LogP contribution in [-0.2, 0) is 6.42 Å². The van der Waals surface area contributed by atoms with Gasteiger partial charge in [0.15, 0.2) is 0 Å². The van der Waals surface area contributed by atoms with E-state index in [4.69, 9.17) is 0 Å². The highest BCUT2D eigenvalue weighted by Gasteiger charge is 2.01. The summed E-state index contributed by atoms with van der Waals surface area (Å²) in [5.41, 5.74) is 4.19. The van der Waals surface area contributed by atoms with Crippen LogP contribution in [0.1, 0.15) is 36.5 Å². The van der Waals surface area contributed by atoms with Gasteiger partial charge in [-0.2, -0.15) is 0 Å². The molecule has 0 heterocycles. The van der Waals surface area contributed by atoms with Crippen LogP contribution in [0.2, 0.25) is 0 Å². The molecule has 0 saturated carbocycles. The first-order chi connectivity index (χ1) is 6.15. The lowest BCUT2D eigenvalue weighted by molar-refractivity contribution is 0.862. The van der Waals surface area contributed by atoms with E-state index in [2.05, 4.69) is 45.5 Å². The lowest BCUT2D eigenvalue weighted by Gasteiger charge is -2.09. The van der Waals surface area contributed by atoms with E-state index in [-0.39, 0.29) is 0 Å². The standard InChI is InChI=1S/C13H18/c1-5-6-13-9-12(10(2)3)8-7-11(13)4/h5,7-10H,1,6H2,2-4H3. The van der Waals surface area contributed by atoms with Gasteiger partial charge in [0.25, 0.3) is 0 Å². The van der Waals surface area contributed by atoms with Gasteiger partial charge in [-0.25, -0.2) is 0 Å². The summed E-state index contributed by atoms with van der Waals surface area (Å²) >= 11 is 0. The lowest BCUT2D eigenvalue weighted by atomic mass is 9.96. The molecular weight excluding hydrogens is 156 g/mol. The summed E-state index contributed by atoms with van der Waals surface area (Å²) < 4.78 is 0. The Kier molecular flexibility index (Phi) is 3.30. The zero-order chi connectivity index (χ0) is 9.84. The summed E-state index contributed by atoms with van der Waals surface area (Å²) in [5.74, 6) is 0.615. The number of benzene rings is 1. The van der Waals surface area contributed by atoms with E-state index in [0.29, 0.717) is 5.92 Å². The number of allylic oxidation sites excluding steroid dienone is 1. The molecule has 1 aromatic carbocycles. The minimum atomic E-state index is 0.615. The number of rotatable bonds is 3. The molecule has 0 N–H and O–H groups in total. The fourth-order valence-corrected chi connectivity index (χ4v) is 1.43. The maximum Gasteiger partial charge on any atom is -0.00974 e. The molecule has 0 heteroatoms. The molecule has 0 aromatic heterocycles. The Hall–Kier alpha value is -1.04. The van der Waals surface area contributed by atoms with Crippen molar-refractivity contribution in [3.63, 3.8) is 0 Å². The highest BCUT2D eigenvalue weighted by molar-refractivity contribution is 5.33. The predicted octanol–water partition coefficient (Wildman–Crippen LogP) is 3.85. The van der Waals surface area contributed by atoms with E-state index in [1.165, 1.54) is 16.7 Å². The Balaban J connectivity index is 3.03. The first kappa shape index (κ1) is 10.0. The van der Waals surface area contributed by atoms with E-state index in [0.717, 1.165) is 6.42 Å². The molecule has 0 radical (unpaired) electrons. The second kappa shape index (κ2) is 4.27. The molecule has 0 atom stereocenters. The Morgan fingerprint density at radius 3 is 2.62 bits per heavy atom. The largest absolute Gasteiger partial charge is 0.103 e. The minimum Gasteiger partial charge on any atom is -0.103 e. The molecule has 0 unspecified atom stereocenters. The third kappa shape index (κ3) is 2.45. The average molecular weight is 174 g/mol. The van der Waals surface area contributed by atoms with Crippen molar-refractivity contribution < 1.29 is 0 Å². The monoisotopic (exact) mass is 174 g/mol. The van der Waals surface area contributed by atoms with E-state index in [1.54, 1.807) is 0 Å². The van der Waals surface area contributed by atoms with Crippen molar-refractivity contribution in [3.8, 4) is 0 Å². The van der Waals surface area contributed by atoms with E-state index in [1.807, 2.05) is 6.08 Å². The van der Waals surface area contributed by atoms with Gasteiger partial charge in [0.05, 0.1) is 0 Å². The van der Waals surface area contributed by atoms with Gasteiger partial charge in [0.1, 0.15) is 0 Å². The first-order valence-corrected chi connectivity index (χ1v) is 4.85. The number of aryl methyl sites for hydroxylation is 1. The summed E-state index contributed by atoms with van der Waals surface area (Å²) in [6.45, 7) is 10.4. The third-order valence-corrected chi connectivity index (χ3v) is 2.40.